The van der Waals surface area contributed by atoms with Gasteiger partial charge in [0, 0.05) is 7.05 Å². The number of fused-ring (bicyclic) bond motifs is 1. The molecular weight excluding hydrogens is 208 g/mol. The first-order valence-electron chi connectivity index (χ1n) is 4.73. The molecule has 0 aliphatic rings. The third kappa shape index (κ3) is 1.41. The van der Waals surface area contributed by atoms with Crippen LogP contribution >= 0.6 is 0 Å². The molecule has 7 nitrogen and oxygen atoms in total. The summed E-state index contributed by atoms with van der Waals surface area (Å²) in [5.74, 6) is 5.52. The Kier molecular flexibility index (Phi) is 2.31. The van der Waals surface area contributed by atoms with Gasteiger partial charge in [0.1, 0.15) is 0 Å². The van der Waals surface area contributed by atoms with Gasteiger partial charge in [0.15, 0.2) is 11.2 Å². The quantitative estimate of drug-likeness (QED) is 0.502. The summed E-state index contributed by atoms with van der Waals surface area (Å²) in [5.41, 5.74) is 4.13. The molecule has 0 radical (unpaired) electrons. The predicted molar refractivity (Wildman–Crippen MR) is 59.9 cm³/mol. The summed E-state index contributed by atoms with van der Waals surface area (Å²) in [6, 6.07) is 0. The molecule has 0 fully saturated rings. The fourth-order valence-corrected chi connectivity index (χ4v) is 1.42. The zero-order chi connectivity index (χ0) is 11.9. The van der Waals surface area contributed by atoms with Crippen LogP contribution < -0.4 is 16.8 Å². The maximum atomic E-state index is 11.7. The summed E-state index contributed by atoms with van der Waals surface area (Å²) in [5, 5.41) is 0. The molecule has 2 heterocycles. The fraction of sp³-hybridized carbons (Fsp3) is 0.333. The van der Waals surface area contributed by atoms with Gasteiger partial charge in [-0.05, 0) is 13.8 Å². The third-order valence-electron chi connectivity index (χ3n) is 2.46. The second kappa shape index (κ2) is 3.53. The number of nitrogen functional groups attached to an aromatic ring is 1. The van der Waals surface area contributed by atoms with Crippen molar-refractivity contribution in [3.63, 3.8) is 0 Å². The lowest BCUT2D eigenvalue weighted by molar-refractivity contribution is 0.868. The van der Waals surface area contributed by atoms with Gasteiger partial charge in [0.2, 0.25) is 5.95 Å². The number of aryl methyl sites for hydroxylation is 3. The van der Waals surface area contributed by atoms with Crippen LogP contribution in [0.4, 0.5) is 5.95 Å². The summed E-state index contributed by atoms with van der Waals surface area (Å²) < 4.78 is 1.59. The molecule has 2 aromatic heterocycles. The largest absolute Gasteiger partial charge is 0.302 e. The van der Waals surface area contributed by atoms with E-state index < -0.39 is 5.56 Å². The van der Waals surface area contributed by atoms with Crippen LogP contribution in [0.15, 0.2) is 4.79 Å². The molecule has 84 valence electrons. The lowest BCUT2D eigenvalue weighted by Crippen LogP contribution is -2.22. The van der Waals surface area contributed by atoms with Crippen molar-refractivity contribution in [2.24, 2.45) is 12.9 Å². The van der Waals surface area contributed by atoms with E-state index in [-0.39, 0.29) is 11.5 Å². The van der Waals surface area contributed by atoms with Crippen molar-refractivity contribution < 1.29 is 0 Å². The van der Waals surface area contributed by atoms with Gasteiger partial charge < -0.3 is 0 Å². The molecule has 0 aliphatic heterocycles. The van der Waals surface area contributed by atoms with Crippen molar-refractivity contribution in [1.29, 1.82) is 0 Å². The Hall–Kier alpha value is -2.02. The Bertz CT molecular complexity index is 617. The molecule has 0 atom stereocenters. The Morgan fingerprint density at radius 3 is 2.44 bits per heavy atom. The minimum absolute atomic E-state index is 0.254. The highest BCUT2D eigenvalue weighted by atomic mass is 16.1. The molecular formula is C9H12N6O. The molecule has 0 amide bonds. The Morgan fingerprint density at radius 1 is 1.19 bits per heavy atom. The molecule has 0 aliphatic carbocycles. The summed E-state index contributed by atoms with van der Waals surface area (Å²) in [7, 11) is 1.72. The van der Waals surface area contributed by atoms with Crippen LogP contribution in [0.2, 0.25) is 0 Å². The molecule has 0 aromatic carbocycles. The Balaban J connectivity index is 2.96. The number of aromatic nitrogens is 4. The number of nitrogens with one attached hydrogen (secondary N) is 1. The number of hydrogen-bond acceptors (Lipinski definition) is 6. The van der Waals surface area contributed by atoms with Gasteiger partial charge >= 0.3 is 5.56 Å². The predicted octanol–water partition coefficient (Wildman–Crippen LogP) is -0.374. The van der Waals surface area contributed by atoms with Gasteiger partial charge in [0.25, 0.3) is 0 Å². The van der Waals surface area contributed by atoms with E-state index in [0.717, 1.165) is 11.4 Å². The molecule has 2 aromatic rings. The number of nitrogens with zero attached hydrogens (tertiary/aromatic N) is 4. The monoisotopic (exact) mass is 220 g/mol. The van der Waals surface area contributed by atoms with Crippen LogP contribution in [0, 0.1) is 13.8 Å². The van der Waals surface area contributed by atoms with Crippen molar-refractivity contribution in [2.45, 2.75) is 13.8 Å². The van der Waals surface area contributed by atoms with Crippen LogP contribution in [-0.2, 0) is 7.05 Å². The van der Waals surface area contributed by atoms with Crippen molar-refractivity contribution >= 4 is 17.1 Å². The van der Waals surface area contributed by atoms with E-state index in [1.807, 2.05) is 6.92 Å². The van der Waals surface area contributed by atoms with E-state index in [2.05, 4.69) is 20.4 Å². The van der Waals surface area contributed by atoms with Crippen LogP contribution in [-0.4, -0.2) is 19.5 Å². The Morgan fingerprint density at radius 2 is 1.81 bits per heavy atom. The topological polar surface area (TPSA) is 98.7 Å². The average molecular weight is 220 g/mol. The zero-order valence-electron chi connectivity index (χ0n) is 9.27. The molecule has 2 rings (SSSR count). The summed E-state index contributed by atoms with van der Waals surface area (Å²) >= 11 is 0. The van der Waals surface area contributed by atoms with Crippen molar-refractivity contribution in [3.8, 4) is 0 Å². The Labute approximate surface area is 91.3 Å². The number of rotatable bonds is 1. The van der Waals surface area contributed by atoms with Gasteiger partial charge in [-0.25, -0.2) is 15.8 Å². The van der Waals surface area contributed by atoms with E-state index >= 15 is 0 Å². The van der Waals surface area contributed by atoms with Crippen LogP contribution in [0.25, 0.3) is 11.2 Å². The lowest BCUT2D eigenvalue weighted by atomic mass is 10.3. The van der Waals surface area contributed by atoms with E-state index in [1.54, 1.807) is 18.5 Å². The van der Waals surface area contributed by atoms with Gasteiger partial charge in [0.05, 0.1) is 11.4 Å². The third-order valence-corrected chi connectivity index (χ3v) is 2.46. The molecule has 0 saturated carbocycles. The molecule has 0 bridgehead atoms. The molecule has 16 heavy (non-hydrogen) atoms. The smallest absolute Gasteiger partial charge is 0.297 e. The zero-order valence-corrected chi connectivity index (χ0v) is 9.27. The second-order valence-electron chi connectivity index (χ2n) is 3.51. The maximum Gasteiger partial charge on any atom is 0.302 e. The molecule has 0 saturated heterocycles. The van der Waals surface area contributed by atoms with E-state index in [9.17, 15) is 4.79 Å². The maximum absolute atomic E-state index is 11.7. The fourth-order valence-electron chi connectivity index (χ4n) is 1.42. The molecule has 7 heteroatoms. The first-order valence-corrected chi connectivity index (χ1v) is 4.73. The van der Waals surface area contributed by atoms with Crippen LogP contribution in [0.5, 0.6) is 0 Å². The average Bonchev–Trinajstić information content (AvgIpc) is 2.26. The van der Waals surface area contributed by atoms with E-state index in [4.69, 9.17) is 5.84 Å². The summed E-state index contributed by atoms with van der Waals surface area (Å²) in [4.78, 5) is 23.9. The lowest BCUT2D eigenvalue weighted by Gasteiger charge is -2.09. The van der Waals surface area contributed by atoms with Gasteiger partial charge in [-0.1, -0.05) is 0 Å². The number of anilines is 1. The number of hydrogen-bond donors (Lipinski definition) is 2. The SMILES string of the molecule is Cc1nc2c(=O)nc(NN)n(C)c2nc1C. The van der Waals surface area contributed by atoms with E-state index in [1.165, 1.54) is 0 Å². The highest BCUT2D eigenvalue weighted by Gasteiger charge is 2.11. The minimum Gasteiger partial charge on any atom is -0.297 e. The van der Waals surface area contributed by atoms with Crippen molar-refractivity contribution in [3.05, 3.63) is 21.7 Å². The summed E-state index contributed by atoms with van der Waals surface area (Å²) in [6.07, 6.45) is 0. The van der Waals surface area contributed by atoms with E-state index in [0.29, 0.717) is 5.65 Å². The highest BCUT2D eigenvalue weighted by Crippen LogP contribution is 2.10. The molecule has 3 N–H and O–H groups in total. The van der Waals surface area contributed by atoms with Gasteiger partial charge in [-0.15, -0.1) is 0 Å². The van der Waals surface area contributed by atoms with Crippen LogP contribution in [0.3, 0.4) is 0 Å². The number of hydrazine groups is 1. The molecule has 0 unspecified atom stereocenters. The van der Waals surface area contributed by atoms with Crippen LogP contribution in [0.1, 0.15) is 11.4 Å². The normalized spacial score (nSPS) is 10.8. The first kappa shape index (κ1) is 10.5. The minimum atomic E-state index is -0.434. The standard InChI is InChI=1S/C9H12N6O/c1-4-5(2)12-7-6(11-4)8(16)13-9(14-10)15(7)3/h10H2,1-3H3,(H,13,14,16). The van der Waals surface area contributed by atoms with Crippen molar-refractivity contribution in [1.82, 2.24) is 19.5 Å². The summed E-state index contributed by atoms with van der Waals surface area (Å²) in [6.45, 7) is 3.64. The highest BCUT2D eigenvalue weighted by molar-refractivity contribution is 5.71. The second-order valence-corrected chi connectivity index (χ2v) is 3.51. The van der Waals surface area contributed by atoms with Crippen molar-refractivity contribution in [2.75, 3.05) is 5.43 Å². The number of nitrogens with two attached hydrogens (primary N) is 1. The molecule has 0 spiro atoms. The van der Waals surface area contributed by atoms with Gasteiger partial charge in [-0.2, -0.15) is 4.98 Å². The first-order chi connectivity index (χ1) is 7.54. The van der Waals surface area contributed by atoms with Gasteiger partial charge in [-0.3, -0.25) is 14.8 Å².